The topological polar surface area (TPSA) is 35.8 Å². The number of rotatable bonds is 1. The van der Waals surface area contributed by atoms with Gasteiger partial charge in [-0.2, -0.15) is 5.26 Å². The molecule has 17 heavy (non-hydrogen) atoms. The number of anilines is 1. The van der Waals surface area contributed by atoms with Crippen molar-refractivity contribution in [2.45, 2.75) is 6.42 Å². The van der Waals surface area contributed by atoms with Crippen LogP contribution in [0.15, 0.2) is 42.5 Å². The molecule has 1 N–H and O–H groups in total. The lowest BCUT2D eigenvalue weighted by atomic mass is 10.0. The molecule has 0 aromatic heterocycles. The number of nitriles is 1. The van der Waals surface area contributed by atoms with Crippen LogP contribution in [0.25, 0.3) is 11.1 Å². The summed E-state index contributed by atoms with van der Waals surface area (Å²) in [5.74, 6) is 0. The van der Waals surface area contributed by atoms with E-state index in [0.29, 0.717) is 5.56 Å². The first kappa shape index (κ1) is 9.92. The highest BCUT2D eigenvalue weighted by Crippen LogP contribution is 2.28. The minimum absolute atomic E-state index is 0.705. The molecule has 1 heterocycles. The second kappa shape index (κ2) is 3.95. The van der Waals surface area contributed by atoms with Crippen molar-refractivity contribution in [3.8, 4) is 17.2 Å². The van der Waals surface area contributed by atoms with Gasteiger partial charge in [0.25, 0.3) is 0 Å². The molecule has 0 aliphatic carbocycles. The molecule has 3 rings (SSSR count). The van der Waals surface area contributed by atoms with E-state index in [-0.39, 0.29) is 0 Å². The Hall–Kier alpha value is -2.27. The fourth-order valence-corrected chi connectivity index (χ4v) is 2.22. The van der Waals surface area contributed by atoms with Crippen LogP contribution in [0.2, 0.25) is 0 Å². The van der Waals surface area contributed by atoms with Crippen LogP contribution in [-0.2, 0) is 6.42 Å². The first-order valence-electron chi connectivity index (χ1n) is 5.74. The Balaban J connectivity index is 2.01. The zero-order valence-electron chi connectivity index (χ0n) is 9.40. The van der Waals surface area contributed by atoms with Crippen LogP contribution in [-0.4, -0.2) is 6.54 Å². The van der Waals surface area contributed by atoms with Gasteiger partial charge in [0, 0.05) is 12.2 Å². The number of nitrogens with zero attached hydrogens (tertiary/aromatic N) is 1. The second-order valence-corrected chi connectivity index (χ2v) is 4.24. The molecule has 2 aromatic carbocycles. The minimum atomic E-state index is 0.705. The monoisotopic (exact) mass is 220 g/mol. The zero-order chi connectivity index (χ0) is 11.7. The number of hydrogen-bond acceptors (Lipinski definition) is 2. The standard InChI is InChI=1S/C15H12N2/c16-10-11-1-3-12(4-2-11)13-5-6-15-14(9-13)7-8-17-15/h1-6,9,17H,7-8H2. The van der Waals surface area contributed by atoms with Gasteiger partial charge < -0.3 is 5.32 Å². The third-order valence-electron chi connectivity index (χ3n) is 3.16. The molecular weight excluding hydrogens is 208 g/mol. The van der Waals surface area contributed by atoms with E-state index in [4.69, 9.17) is 5.26 Å². The van der Waals surface area contributed by atoms with Crippen LogP contribution in [0.5, 0.6) is 0 Å². The van der Waals surface area contributed by atoms with Gasteiger partial charge in [0.15, 0.2) is 0 Å². The molecule has 0 saturated heterocycles. The van der Waals surface area contributed by atoms with Gasteiger partial charge in [-0.1, -0.05) is 18.2 Å². The van der Waals surface area contributed by atoms with Crippen LogP contribution in [0.3, 0.4) is 0 Å². The lowest BCUT2D eigenvalue weighted by molar-refractivity contribution is 1.11. The SMILES string of the molecule is N#Cc1ccc(-c2ccc3c(c2)CCN3)cc1. The molecule has 0 atom stereocenters. The van der Waals surface area contributed by atoms with Gasteiger partial charge in [0.1, 0.15) is 0 Å². The van der Waals surface area contributed by atoms with E-state index in [2.05, 4.69) is 29.6 Å². The highest BCUT2D eigenvalue weighted by Gasteiger charge is 2.10. The molecule has 1 aliphatic rings. The Morgan fingerprint density at radius 1 is 1.00 bits per heavy atom. The summed E-state index contributed by atoms with van der Waals surface area (Å²) >= 11 is 0. The highest BCUT2D eigenvalue weighted by atomic mass is 14.9. The van der Waals surface area contributed by atoms with E-state index < -0.39 is 0 Å². The van der Waals surface area contributed by atoms with Crippen molar-refractivity contribution in [2.75, 3.05) is 11.9 Å². The first-order chi connectivity index (χ1) is 8.36. The lowest BCUT2D eigenvalue weighted by Gasteiger charge is -2.05. The average molecular weight is 220 g/mol. The van der Waals surface area contributed by atoms with E-state index >= 15 is 0 Å². The number of fused-ring (bicyclic) bond motifs is 1. The van der Waals surface area contributed by atoms with Crippen molar-refractivity contribution in [1.29, 1.82) is 5.26 Å². The fraction of sp³-hybridized carbons (Fsp3) is 0.133. The Labute approximate surface area is 101 Å². The maximum absolute atomic E-state index is 8.77. The van der Waals surface area contributed by atoms with E-state index in [0.717, 1.165) is 13.0 Å². The quantitative estimate of drug-likeness (QED) is 0.801. The summed E-state index contributed by atoms with van der Waals surface area (Å²) in [6, 6.07) is 16.4. The van der Waals surface area contributed by atoms with E-state index in [1.807, 2.05) is 24.3 Å². The van der Waals surface area contributed by atoms with Crippen LogP contribution in [0, 0.1) is 11.3 Å². The van der Waals surface area contributed by atoms with Crippen molar-refractivity contribution in [3.63, 3.8) is 0 Å². The minimum Gasteiger partial charge on any atom is -0.384 e. The van der Waals surface area contributed by atoms with Gasteiger partial charge in [-0.05, 0) is 47.4 Å². The van der Waals surface area contributed by atoms with Gasteiger partial charge in [-0.25, -0.2) is 0 Å². The van der Waals surface area contributed by atoms with E-state index in [1.165, 1.54) is 22.4 Å². The molecule has 2 heteroatoms. The summed E-state index contributed by atoms with van der Waals surface area (Å²) < 4.78 is 0. The Morgan fingerprint density at radius 2 is 1.76 bits per heavy atom. The first-order valence-corrected chi connectivity index (χ1v) is 5.74. The third-order valence-corrected chi connectivity index (χ3v) is 3.16. The maximum Gasteiger partial charge on any atom is 0.0991 e. The molecule has 0 unspecified atom stereocenters. The van der Waals surface area contributed by atoms with Gasteiger partial charge in [0.05, 0.1) is 11.6 Å². The molecule has 0 radical (unpaired) electrons. The normalized spacial score (nSPS) is 12.6. The largest absolute Gasteiger partial charge is 0.384 e. The van der Waals surface area contributed by atoms with Crippen LogP contribution < -0.4 is 5.32 Å². The predicted octanol–water partition coefficient (Wildman–Crippen LogP) is 3.19. The number of hydrogen-bond donors (Lipinski definition) is 1. The highest BCUT2D eigenvalue weighted by molar-refractivity contribution is 5.70. The summed E-state index contributed by atoms with van der Waals surface area (Å²) in [6.45, 7) is 1.03. The Morgan fingerprint density at radius 3 is 2.53 bits per heavy atom. The smallest absolute Gasteiger partial charge is 0.0991 e. The molecule has 0 spiro atoms. The predicted molar refractivity (Wildman–Crippen MR) is 68.8 cm³/mol. The summed E-state index contributed by atoms with van der Waals surface area (Å²) in [5, 5.41) is 12.1. The molecule has 0 amide bonds. The van der Waals surface area contributed by atoms with E-state index in [1.54, 1.807) is 0 Å². The van der Waals surface area contributed by atoms with Crippen molar-refractivity contribution in [2.24, 2.45) is 0 Å². The molecular formula is C15H12N2. The Bertz CT molecular complexity index is 591. The number of nitrogens with one attached hydrogen (secondary N) is 1. The molecule has 0 fully saturated rings. The molecule has 2 aromatic rings. The van der Waals surface area contributed by atoms with Crippen LogP contribution >= 0.6 is 0 Å². The van der Waals surface area contributed by atoms with Gasteiger partial charge in [0.2, 0.25) is 0 Å². The third kappa shape index (κ3) is 1.76. The molecule has 82 valence electrons. The summed E-state index contributed by atoms with van der Waals surface area (Å²) in [5.41, 5.74) is 5.72. The molecule has 1 aliphatic heterocycles. The number of benzene rings is 2. The van der Waals surface area contributed by atoms with Gasteiger partial charge in [-0.3, -0.25) is 0 Å². The Kier molecular flexibility index (Phi) is 2.31. The van der Waals surface area contributed by atoms with Crippen molar-refractivity contribution in [1.82, 2.24) is 0 Å². The second-order valence-electron chi connectivity index (χ2n) is 4.24. The van der Waals surface area contributed by atoms with E-state index in [9.17, 15) is 0 Å². The van der Waals surface area contributed by atoms with Gasteiger partial charge >= 0.3 is 0 Å². The van der Waals surface area contributed by atoms with Crippen molar-refractivity contribution >= 4 is 5.69 Å². The van der Waals surface area contributed by atoms with Crippen LogP contribution in [0.4, 0.5) is 5.69 Å². The zero-order valence-corrected chi connectivity index (χ0v) is 9.40. The van der Waals surface area contributed by atoms with Crippen LogP contribution in [0.1, 0.15) is 11.1 Å². The maximum atomic E-state index is 8.77. The average Bonchev–Trinajstić information content (AvgIpc) is 2.86. The summed E-state index contributed by atoms with van der Waals surface area (Å²) in [7, 11) is 0. The summed E-state index contributed by atoms with van der Waals surface area (Å²) in [6.07, 6.45) is 1.10. The fourth-order valence-electron chi connectivity index (χ4n) is 2.22. The molecule has 0 bridgehead atoms. The van der Waals surface area contributed by atoms with Gasteiger partial charge in [-0.15, -0.1) is 0 Å². The molecule has 0 saturated carbocycles. The molecule has 2 nitrogen and oxygen atoms in total. The van der Waals surface area contributed by atoms with Crippen molar-refractivity contribution in [3.05, 3.63) is 53.6 Å². The lowest BCUT2D eigenvalue weighted by Crippen LogP contribution is -1.90. The summed E-state index contributed by atoms with van der Waals surface area (Å²) in [4.78, 5) is 0. The van der Waals surface area contributed by atoms with Crippen molar-refractivity contribution < 1.29 is 0 Å².